The first kappa shape index (κ1) is 29.4. The van der Waals surface area contributed by atoms with Crippen molar-refractivity contribution in [3.8, 4) is 5.75 Å². The SMILES string of the molecule is [B]=C1C(C(N)=O)=C(O)[C@@H](N(C)C)[C@@H]2C[C@@H]3Cc4c(c(O)cc(CNC5CCCCC5)c4N(C)C)C(O)=C3C(=O)[C@]12O. The van der Waals surface area contributed by atoms with E-state index in [0.29, 0.717) is 24.6 Å². The molecule has 0 aromatic heterocycles. The number of phenols is 1. The average molecular weight is 563 g/mol. The second-order valence-electron chi connectivity index (χ2n) is 12.4. The maximum atomic E-state index is 14.1. The van der Waals surface area contributed by atoms with Gasteiger partial charge in [-0.2, -0.15) is 0 Å². The number of carbonyl (C=O) groups excluding carboxylic acids is 2. The fourth-order valence-corrected chi connectivity index (χ4v) is 7.72. The van der Waals surface area contributed by atoms with Crippen molar-refractivity contribution in [2.75, 3.05) is 33.1 Å². The van der Waals surface area contributed by atoms with Crippen molar-refractivity contribution in [1.29, 1.82) is 0 Å². The number of phenolic OH excluding ortho intramolecular Hbond substituents is 1. The third kappa shape index (κ3) is 4.49. The zero-order valence-corrected chi connectivity index (χ0v) is 24.2. The standard InChI is InChI=1S/C30H40BN4O6/c1-34(2)23-15(13-33-16-8-6-5-7-9-16)12-19(36)21-17(23)10-14-11-18-24(35(3)4)26(38)22(29(32)40)27(31)30(18,41)28(39)20(14)25(21)37/h12,14,16,18,24,33,36-38,41H,5-11,13H2,1-4H3,(H2,32,40)/t14-,18-,24-,30+/m0/s1. The van der Waals surface area contributed by atoms with E-state index in [1.807, 2.05) is 19.0 Å². The summed E-state index contributed by atoms with van der Waals surface area (Å²) in [5, 5.41) is 49.4. The molecule has 2 saturated carbocycles. The summed E-state index contributed by atoms with van der Waals surface area (Å²) in [6, 6.07) is 1.12. The number of ketones is 1. The van der Waals surface area contributed by atoms with Crippen molar-refractivity contribution in [2.24, 2.45) is 17.6 Å². The number of nitrogens with one attached hydrogen (secondary N) is 1. The molecular formula is C30H40BN4O6. The van der Waals surface area contributed by atoms with Crippen LogP contribution in [0.25, 0.3) is 5.76 Å². The molecule has 5 rings (SSSR count). The number of hydrogen-bond donors (Lipinski definition) is 6. The van der Waals surface area contributed by atoms with E-state index in [9.17, 15) is 30.0 Å². The van der Waals surface area contributed by atoms with Gasteiger partial charge in [-0.15, -0.1) is 0 Å². The van der Waals surface area contributed by atoms with E-state index in [2.05, 4.69) is 5.32 Å². The van der Waals surface area contributed by atoms with E-state index < -0.39 is 57.7 Å². The number of rotatable bonds is 6. The molecule has 4 atom stereocenters. The number of nitrogens with zero attached hydrogens (tertiary/aromatic N) is 2. The van der Waals surface area contributed by atoms with Crippen molar-refractivity contribution in [3.05, 3.63) is 39.7 Å². The zero-order valence-electron chi connectivity index (χ0n) is 24.2. The molecule has 0 bridgehead atoms. The Morgan fingerprint density at radius 1 is 1.15 bits per heavy atom. The van der Waals surface area contributed by atoms with Gasteiger partial charge < -0.3 is 0 Å². The van der Waals surface area contributed by atoms with E-state index in [0.717, 1.165) is 24.1 Å². The van der Waals surface area contributed by atoms with Crippen molar-refractivity contribution in [1.82, 2.24) is 10.2 Å². The molecule has 4 aliphatic rings. The minimum absolute atomic E-state index is 0.0463. The molecule has 41 heavy (non-hydrogen) atoms. The number of amides is 1. The molecule has 1 radical (unpaired) electrons. The van der Waals surface area contributed by atoms with Crippen molar-refractivity contribution < 1.29 is 30.0 Å². The molecule has 0 spiro atoms. The van der Waals surface area contributed by atoms with Gasteiger partial charge in [-0.3, -0.25) is 0 Å². The Kier molecular flexibility index (Phi) is 7.59. The molecule has 2 fully saturated rings. The molecule has 0 aliphatic heterocycles. The summed E-state index contributed by atoms with van der Waals surface area (Å²) in [5.41, 5.74) is 4.68. The summed E-state index contributed by atoms with van der Waals surface area (Å²) in [6.07, 6.45) is 6.36. The molecule has 219 valence electrons. The van der Waals surface area contributed by atoms with Gasteiger partial charge in [0.25, 0.3) is 0 Å². The Morgan fingerprint density at radius 3 is 2.39 bits per heavy atom. The van der Waals surface area contributed by atoms with Crippen LogP contribution in [0.1, 0.15) is 55.2 Å². The van der Waals surface area contributed by atoms with Gasteiger partial charge in [-0.1, -0.05) is 19.3 Å². The number of aliphatic hydroxyl groups is 3. The van der Waals surface area contributed by atoms with Crippen molar-refractivity contribution in [3.63, 3.8) is 0 Å². The molecule has 0 unspecified atom stereocenters. The monoisotopic (exact) mass is 563 g/mol. The molecule has 1 amide bonds. The van der Waals surface area contributed by atoms with Gasteiger partial charge in [0.15, 0.2) is 0 Å². The molecular weight excluding hydrogens is 523 g/mol. The Bertz CT molecular complexity index is 1380. The third-order valence-corrected chi connectivity index (χ3v) is 9.51. The molecule has 10 nitrogen and oxygen atoms in total. The number of anilines is 1. The van der Waals surface area contributed by atoms with Crippen LogP contribution in [0, 0.1) is 11.8 Å². The minimum atomic E-state index is -2.38. The van der Waals surface area contributed by atoms with Crippen LogP contribution >= 0.6 is 0 Å². The summed E-state index contributed by atoms with van der Waals surface area (Å²) in [4.78, 5) is 30.0. The number of likely N-dealkylation sites (N-methyl/N-ethyl adjacent to an activating group) is 1. The number of fused-ring (bicyclic) bond motifs is 3. The number of hydrogen-bond acceptors (Lipinski definition) is 9. The Hall–Kier alpha value is -3.15. The van der Waals surface area contributed by atoms with Crippen LogP contribution in [-0.4, -0.2) is 95.8 Å². The predicted molar refractivity (Wildman–Crippen MR) is 158 cm³/mol. The fourth-order valence-electron chi connectivity index (χ4n) is 7.72. The maximum absolute atomic E-state index is 14.1. The summed E-state index contributed by atoms with van der Waals surface area (Å²) in [5.74, 6) is -4.32. The summed E-state index contributed by atoms with van der Waals surface area (Å²) in [7, 11) is 13.4. The van der Waals surface area contributed by atoms with Crippen LogP contribution in [0.15, 0.2) is 23.0 Å². The molecule has 7 N–H and O–H groups in total. The molecule has 11 heteroatoms. The summed E-state index contributed by atoms with van der Waals surface area (Å²) < 4.78 is 0. The predicted octanol–water partition coefficient (Wildman–Crippen LogP) is 1.22. The van der Waals surface area contributed by atoms with Crippen LogP contribution < -0.4 is 16.0 Å². The Labute approximate surface area is 241 Å². The van der Waals surface area contributed by atoms with Gasteiger partial charge in [0, 0.05) is 0 Å². The molecule has 1 aromatic carbocycles. The molecule has 4 aliphatic carbocycles. The Balaban J connectivity index is 1.62. The topological polar surface area (TPSA) is 160 Å². The normalized spacial score (nSPS) is 28.5. The van der Waals surface area contributed by atoms with Gasteiger partial charge in [0.1, 0.15) is 0 Å². The molecule has 0 heterocycles. The number of benzene rings is 1. The van der Waals surface area contributed by atoms with Crippen LogP contribution in [0.3, 0.4) is 0 Å². The summed E-state index contributed by atoms with van der Waals surface area (Å²) >= 11 is 0. The van der Waals surface area contributed by atoms with Crippen LogP contribution in [-0.2, 0) is 22.6 Å². The average Bonchev–Trinajstić information content (AvgIpc) is 2.89. The zero-order chi connectivity index (χ0) is 30.0. The number of nitrogens with two attached hydrogens (primary N) is 1. The van der Waals surface area contributed by atoms with E-state index >= 15 is 0 Å². The van der Waals surface area contributed by atoms with Crippen LogP contribution in [0.2, 0.25) is 0 Å². The van der Waals surface area contributed by atoms with Crippen LogP contribution in [0.4, 0.5) is 5.69 Å². The third-order valence-electron chi connectivity index (χ3n) is 9.51. The van der Waals surface area contributed by atoms with E-state index in [1.165, 1.54) is 19.3 Å². The van der Waals surface area contributed by atoms with E-state index in [-0.39, 0.29) is 23.3 Å². The Morgan fingerprint density at radius 2 is 1.80 bits per heavy atom. The molecule has 1 aromatic rings. The van der Waals surface area contributed by atoms with Gasteiger partial charge in [0.2, 0.25) is 0 Å². The number of carbonyl (C=O) groups is 2. The van der Waals surface area contributed by atoms with E-state index in [4.69, 9.17) is 13.2 Å². The number of aliphatic hydroxyl groups excluding tert-OH is 2. The second-order valence-corrected chi connectivity index (χ2v) is 12.4. The second kappa shape index (κ2) is 10.6. The number of primary amides is 1. The van der Waals surface area contributed by atoms with Gasteiger partial charge in [-0.05, 0) is 12.8 Å². The first-order valence-electron chi connectivity index (χ1n) is 14.3. The first-order chi connectivity index (χ1) is 19.3. The van der Waals surface area contributed by atoms with Crippen molar-refractivity contribution >= 4 is 36.1 Å². The number of Topliss-reactive ketones (excluding diaryl/α,β-unsaturated/α-hetero) is 1. The van der Waals surface area contributed by atoms with Gasteiger partial charge in [-0.25, -0.2) is 0 Å². The summed E-state index contributed by atoms with van der Waals surface area (Å²) in [6.45, 7) is 0.547. The quantitative estimate of drug-likeness (QED) is 0.280. The van der Waals surface area contributed by atoms with E-state index in [1.54, 1.807) is 25.1 Å². The van der Waals surface area contributed by atoms with Crippen LogP contribution in [0.5, 0.6) is 5.75 Å². The first-order valence-corrected chi connectivity index (χ1v) is 14.3. The number of aromatic hydroxyl groups is 1. The molecule has 0 saturated heterocycles. The van der Waals surface area contributed by atoms with Gasteiger partial charge in [0.05, 0.1) is 0 Å². The van der Waals surface area contributed by atoms with Crippen molar-refractivity contribution in [2.45, 2.75) is 69.2 Å². The van der Waals surface area contributed by atoms with Gasteiger partial charge >= 0.3 is 209 Å². The fraction of sp³-hybridized carbons (Fsp3) is 0.567.